The van der Waals surface area contributed by atoms with E-state index in [1.165, 1.54) is 21.5 Å². The molecule has 4 heteroatoms. The van der Waals surface area contributed by atoms with E-state index in [1.807, 2.05) is 6.07 Å². The van der Waals surface area contributed by atoms with E-state index in [-0.39, 0.29) is 0 Å². The minimum atomic E-state index is 1.05. The maximum Gasteiger partial charge on any atom is 0.124 e. The molecule has 0 spiro atoms. The van der Waals surface area contributed by atoms with Gasteiger partial charge >= 0.3 is 0 Å². The SMILES string of the molecule is Brc1ccc2nc(-c3ccc4c(c3)CCN4)sc2c1. The molecule has 0 amide bonds. The molecule has 2 aromatic carbocycles. The fourth-order valence-electron chi connectivity index (χ4n) is 2.46. The zero-order valence-corrected chi connectivity index (χ0v) is 12.5. The Kier molecular flexibility index (Phi) is 2.60. The molecule has 2 nitrogen and oxygen atoms in total. The predicted octanol–water partition coefficient (Wildman–Crippen LogP) is 4.69. The molecular weight excluding hydrogens is 320 g/mol. The Morgan fingerprint density at radius 1 is 1.16 bits per heavy atom. The first kappa shape index (κ1) is 11.4. The van der Waals surface area contributed by atoms with Crippen molar-refractivity contribution in [2.75, 3.05) is 11.9 Å². The van der Waals surface area contributed by atoms with Gasteiger partial charge in [0.05, 0.1) is 10.2 Å². The van der Waals surface area contributed by atoms with E-state index in [4.69, 9.17) is 4.98 Å². The van der Waals surface area contributed by atoms with Crippen molar-refractivity contribution in [3.8, 4) is 10.6 Å². The van der Waals surface area contributed by atoms with Crippen LogP contribution in [0.1, 0.15) is 5.56 Å². The van der Waals surface area contributed by atoms with Gasteiger partial charge in [0.15, 0.2) is 0 Å². The Morgan fingerprint density at radius 2 is 2.11 bits per heavy atom. The smallest absolute Gasteiger partial charge is 0.124 e. The predicted molar refractivity (Wildman–Crippen MR) is 84.9 cm³/mol. The van der Waals surface area contributed by atoms with Gasteiger partial charge in [-0.05, 0) is 48.4 Å². The summed E-state index contributed by atoms with van der Waals surface area (Å²) in [6, 6.07) is 12.8. The van der Waals surface area contributed by atoms with Gasteiger partial charge in [0.25, 0.3) is 0 Å². The molecule has 3 aromatic rings. The van der Waals surface area contributed by atoms with Crippen molar-refractivity contribution in [1.82, 2.24) is 4.98 Å². The van der Waals surface area contributed by atoms with Crippen LogP contribution >= 0.6 is 27.3 Å². The number of nitrogens with one attached hydrogen (secondary N) is 1. The monoisotopic (exact) mass is 330 g/mol. The lowest BCUT2D eigenvalue weighted by molar-refractivity contribution is 1.11. The minimum absolute atomic E-state index is 1.05. The highest BCUT2D eigenvalue weighted by molar-refractivity contribution is 9.10. The van der Waals surface area contributed by atoms with Crippen molar-refractivity contribution in [3.63, 3.8) is 0 Å². The largest absolute Gasteiger partial charge is 0.384 e. The summed E-state index contributed by atoms with van der Waals surface area (Å²) in [6.07, 6.45) is 1.11. The van der Waals surface area contributed by atoms with Crippen LogP contribution < -0.4 is 5.32 Å². The number of thiazole rings is 1. The molecule has 0 saturated carbocycles. The fraction of sp³-hybridized carbons (Fsp3) is 0.133. The van der Waals surface area contributed by atoms with Gasteiger partial charge in [-0.1, -0.05) is 15.9 Å². The normalized spacial score (nSPS) is 13.5. The average Bonchev–Trinajstić information content (AvgIpc) is 3.02. The molecule has 0 radical (unpaired) electrons. The molecular formula is C15H11BrN2S. The molecule has 0 unspecified atom stereocenters. The summed E-state index contributed by atoms with van der Waals surface area (Å²) >= 11 is 5.26. The molecule has 1 aliphatic rings. The standard InChI is InChI=1S/C15H11BrN2S/c16-11-2-4-13-14(8-11)19-15(18-13)10-1-3-12-9(7-10)5-6-17-12/h1-4,7-8,17H,5-6H2. The highest BCUT2D eigenvalue weighted by atomic mass is 79.9. The van der Waals surface area contributed by atoms with Crippen molar-refractivity contribution in [3.05, 3.63) is 46.4 Å². The van der Waals surface area contributed by atoms with Gasteiger partial charge in [0.2, 0.25) is 0 Å². The number of aromatic nitrogens is 1. The summed E-state index contributed by atoms with van der Waals surface area (Å²) in [5.41, 5.74) is 4.96. The molecule has 0 atom stereocenters. The molecule has 19 heavy (non-hydrogen) atoms. The van der Waals surface area contributed by atoms with E-state index < -0.39 is 0 Å². The van der Waals surface area contributed by atoms with E-state index in [0.29, 0.717) is 0 Å². The first-order valence-electron chi connectivity index (χ1n) is 6.23. The Balaban J connectivity index is 1.85. The minimum Gasteiger partial charge on any atom is -0.384 e. The summed E-state index contributed by atoms with van der Waals surface area (Å²) in [6.45, 7) is 1.05. The molecule has 2 heterocycles. The van der Waals surface area contributed by atoms with Crippen LogP contribution in [0.3, 0.4) is 0 Å². The molecule has 1 N–H and O–H groups in total. The van der Waals surface area contributed by atoms with Gasteiger partial charge in [0, 0.05) is 22.3 Å². The van der Waals surface area contributed by atoms with Crippen molar-refractivity contribution in [1.29, 1.82) is 0 Å². The van der Waals surface area contributed by atoms with E-state index in [0.717, 1.165) is 28.0 Å². The number of fused-ring (bicyclic) bond motifs is 2. The summed E-state index contributed by atoms with van der Waals surface area (Å²) in [7, 11) is 0. The summed E-state index contributed by atoms with van der Waals surface area (Å²) in [5, 5.41) is 4.49. The molecule has 0 aliphatic carbocycles. The van der Waals surface area contributed by atoms with Gasteiger partial charge in [-0.3, -0.25) is 0 Å². The van der Waals surface area contributed by atoms with Crippen molar-refractivity contribution in [2.24, 2.45) is 0 Å². The second-order valence-corrected chi connectivity index (χ2v) is 6.63. The Labute approximate surface area is 123 Å². The van der Waals surface area contributed by atoms with Crippen molar-refractivity contribution in [2.45, 2.75) is 6.42 Å². The van der Waals surface area contributed by atoms with Crippen LogP contribution in [0, 0.1) is 0 Å². The van der Waals surface area contributed by atoms with E-state index >= 15 is 0 Å². The van der Waals surface area contributed by atoms with Crippen LogP contribution in [0.25, 0.3) is 20.8 Å². The Bertz CT molecular complexity index is 779. The number of hydrogen-bond donors (Lipinski definition) is 1. The van der Waals surface area contributed by atoms with Gasteiger partial charge in [-0.25, -0.2) is 4.98 Å². The number of anilines is 1. The molecule has 94 valence electrons. The van der Waals surface area contributed by atoms with E-state index in [1.54, 1.807) is 11.3 Å². The lowest BCUT2D eigenvalue weighted by atomic mass is 10.1. The number of benzene rings is 2. The van der Waals surface area contributed by atoms with Crippen LogP contribution in [-0.2, 0) is 6.42 Å². The lowest BCUT2D eigenvalue weighted by Crippen LogP contribution is -1.90. The number of rotatable bonds is 1. The molecule has 1 aromatic heterocycles. The highest BCUT2D eigenvalue weighted by Gasteiger charge is 2.12. The molecule has 0 saturated heterocycles. The quantitative estimate of drug-likeness (QED) is 0.699. The van der Waals surface area contributed by atoms with E-state index in [9.17, 15) is 0 Å². The number of nitrogens with zero attached hydrogens (tertiary/aromatic N) is 1. The highest BCUT2D eigenvalue weighted by Crippen LogP contribution is 2.34. The van der Waals surface area contributed by atoms with Crippen LogP contribution in [0.4, 0.5) is 5.69 Å². The van der Waals surface area contributed by atoms with Gasteiger partial charge < -0.3 is 5.32 Å². The van der Waals surface area contributed by atoms with Gasteiger partial charge in [0.1, 0.15) is 5.01 Å². The first-order valence-corrected chi connectivity index (χ1v) is 7.84. The van der Waals surface area contributed by atoms with Gasteiger partial charge in [-0.2, -0.15) is 0 Å². The summed E-state index contributed by atoms with van der Waals surface area (Å²) < 4.78 is 2.33. The third-order valence-electron chi connectivity index (χ3n) is 3.41. The maximum absolute atomic E-state index is 4.73. The molecule has 1 aliphatic heterocycles. The zero-order chi connectivity index (χ0) is 12.8. The lowest BCUT2D eigenvalue weighted by Gasteiger charge is -2.01. The van der Waals surface area contributed by atoms with Crippen LogP contribution in [0.15, 0.2) is 40.9 Å². The summed E-state index contributed by atoms with van der Waals surface area (Å²) in [4.78, 5) is 4.73. The zero-order valence-electron chi connectivity index (χ0n) is 10.1. The molecule has 0 bridgehead atoms. The van der Waals surface area contributed by atoms with Crippen LogP contribution in [0.5, 0.6) is 0 Å². The number of hydrogen-bond acceptors (Lipinski definition) is 3. The third-order valence-corrected chi connectivity index (χ3v) is 4.97. The molecule has 0 fully saturated rings. The van der Waals surface area contributed by atoms with Crippen molar-refractivity contribution < 1.29 is 0 Å². The third kappa shape index (κ3) is 1.95. The van der Waals surface area contributed by atoms with Gasteiger partial charge in [-0.15, -0.1) is 11.3 Å². The average molecular weight is 331 g/mol. The van der Waals surface area contributed by atoms with Crippen LogP contribution in [0.2, 0.25) is 0 Å². The Morgan fingerprint density at radius 3 is 3.05 bits per heavy atom. The second-order valence-electron chi connectivity index (χ2n) is 4.68. The fourth-order valence-corrected chi connectivity index (χ4v) is 3.97. The topological polar surface area (TPSA) is 24.9 Å². The second kappa shape index (κ2) is 4.32. The summed E-state index contributed by atoms with van der Waals surface area (Å²) in [5.74, 6) is 0. The molecule has 4 rings (SSSR count). The maximum atomic E-state index is 4.73. The van der Waals surface area contributed by atoms with Crippen LogP contribution in [-0.4, -0.2) is 11.5 Å². The first-order chi connectivity index (χ1) is 9.29. The Hall–Kier alpha value is -1.39. The number of halogens is 1. The van der Waals surface area contributed by atoms with E-state index in [2.05, 4.69) is 51.6 Å². The van der Waals surface area contributed by atoms with Crippen molar-refractivity contribution >= 4 is 43.2 Å².